The van der Waals surface area contributed by atoms with E-state index >= 15 is 0 Å². The predicted molar refractivity (Wildman–Crippen MR) is 79.3 cm³/mol. The molecule has 0 aliphatic rings. The average Bonchev–Trinajstić information content (AvgIpc) is 2.45. The molecule has 0 aliphatic heterocycles. The Hall–Kier alpha value is -2.71. The summed E-state index contributed by atoms with van der Waals surface area (Å²) in [5.41, 5.74) is 7.11. The molecule has 2 aromatic rings. The Kier molecular flexibility index (Phi) is 4.64. The Labute approximate surface area is 122 Å². The minimum atomic E-state index is -0.628. The molecule has 0 bridgehead atoms. The molecule has 0 atom stereocenters. The number of anilines is 1. The highest BCUT2D eigenvalue weighted by molar-refractivity contribution is 6.04. The number of amides is 1. The molecule has 0 saturated carbocycles. The summed E-state index contributed by atoms with van der Waals surface area (Å²) >= 11 is 0. The zero-order chi connectivity index (χ0) is 15.2. The maximum atomic E-state index is 13.9. The molecular formula is C16H14FN3O. The molecule has 0 radical (unpaired) electrons. The highest BCUT2D eigenvalue weighted by Gasteiger charge is 2.12. The van der Waals surface area contributed by atoms with E-state index in [9.17, 15) is 9.18 Å². The molecule has 1 aromatic carbocycles. The summed E-state index contributed by atoms with van der Waals surface area (Å²) in [6, 6.07) is 5.94. The average molecular weight is 283 g/mol. The van der Waals surface area contributed by atoms with Crippen molar-refractivity contribution in [2.45, 2.75) is 6.92 Å². The molecule has 1 amide bonds. The molecule has 1 aromatic heterocycles. The van der Waals surface area contributed by atoms with Crippen molar-refractivity contribution < 1.29 is 9.18 Å². The van der Waals surface area contributed by atoms with Crippen LogP contribution in [-0.2, 0) is 0 Å². The third-order valence-electron chi connectivity index (χ3n) is 2.68. The number of carbonyl (C=O) groups excluding carboxylic acids is 1. The van der Waals surface area contributed by atoms with Gasteiger partial charge in [0.15, 0.2) is 0 Å². The maximum absolute atomic E-state index is 13.9. The molecule has 0 aliphatic carbocycles. The van der Waals surface area contributed by atoms with E-state index in [4.69, 9.17) is 5.73 Å². The summed E-state index contributed by atoms with van der Waals surface area (Å²) in [5.74, 6) is 4.18. The number of nitrogens with one attached hydrogen (secondary N) is 1. The molecule has 0 unspecified atom stereocenters. The largest absolute Gasteiger partial charge is 0.320 e. The van der Waals surface area contributed by atoms with Crippen molar-refractivity contribution in [3.05, 3.63) is 59.2 Å². The van der Waals surface area contributed by atoms with Crippen molar-refractivity contribution in [1.29, 1.82) is 0 Å². The maximum Gasteiger partial charge on any atom is 0.258 e. The van der Waals surface area contributed by atoms with E-state index in [0.717, 1.165) is 5.56 Å². The molecular weight excluding hydrogens is 269 g/mol. The summed E-state index contributed by atoms with van der Waals surface area (Å²) in [4.78, 5) is 16.0. The number of halogens is 1. The quantitative estimate of drug-likeness (QED) is 0.829. The van der Waals surface area contributed by atoms with Crippen molar-refractivity contribution >= 4 is 11.6 Å². The second-order valence-electron chi connectivity index (χ2n) is 4.41. The topological polar surface area (TPSA) is 68.0 Å². The molecule has 21 heavy (non-hydrogen) atoms. The van der Waals surface area contributed by atoms with E-state index in [1.54, 1.807) is 18.3 Å². The fourth-order valence-corrected chi connectivity index (χ4v) is 1.75. The molecule has 0 fully saturated rings. The van der Waals surface area contributed by atoms with Gasteiger partial charge in [0.1, 0.15) is 5.82 Å². The Morgan fingerprint density at radius 3 is 2.86 bits per heavy atom. The first-order valence-corrected chi connectivity index (χ1v) is 6.31. The SMILES string of the molecule is Cc1cncc(NC(=O)c2ccc(C#CCN)cc2F)c1. The number of benzene rings is 1. The summed E-state index contributed by atoms with van der Waals surface area (Å²) in [7, 11) is 0. The van der Waals surface area contributed by atoms with Gasteiger partial charge in [-0.3, -0.25) is 9.78 Å². The van der Waals surface area contributed by atoms with Gasteiger partial charge in [-0.2, -0.15) is 0 Å². The number of hydrogen-bond donors (Lipinski definition) is 2. The van der Waals surface area contributed by atoms with Crippen LogP contribution in [0.25, 0.3) is 0 Å². The van der Waals surface area contributed by atoms with Crippen LogP contribution >= 0.6 is 0 Å². The van der Waals surface area contributed by atoms with Crippen LogP contribution in [0.2, 0.25) is 0 Å². The zero-order valence-electron chi connectivity index (χ0n) is 11.5. The first-order chi connectivity index (χ1) is 10.1. The van der Waals surface area contributed by atoms with Crippen LogP contribution in [-0.4, -0.2) is 17.4 Å². The number of rotatable bonds is 2. The summed E-state index contributed by atoms with van der Waals surface area (Å²) in [6.45, 7) is 2.05. The van der Waals surface area contributed by atoms with E-state index in [2.05, 4.69) is 22.1 Å². The van der Waals surface area contributed by atoms with E-state index in [-0.39, 0.29) is 12.1 Å². The lowest BCUT2D eigenvalue weighted by Crippen LogP contribution is -2.14. The van der Waals surface area contributed by atoms with E-state index in [1.165, 1.54) is 18.3 Å². The van der Waals surface area contributed by atoms with Gasteiger partial charge in [-0.25, -0.2) is 4.39 Å². The molecule has 106 valence electrons. The van der Waals surface area contributed by atoms with Gasteiger partial charge in [-0.15, -0.1) is 0 Å². The van der Waals surface area contributed by atoms with Gasteiger partial charge < -0.3 is 11.1 Å². The fourth-order valence-electron chi connectivity index (χ4n) is 1.75. The number of pyridine rings is 1. The van der Waals surface area contributed by atoms with Gasteiger partial charge in [0, 0.05) is 11.8 Å². The minimum absolute atomic E-state index is 0.0465. The molecule has 0 spiro atoms. The van der Waals surface area contributed by atoms with Gasteiger partial charge >= 0.3 is 0 Å². The summed E-state index contributed by atoms with van der Waals surface area (Å²) in [5, 5.41) is 2.61. The zero-order valence-corrected chi connectivity index (χ0v) is 11.5. The number of nitrogens with two attached hydrogens (primary N) is 1. The third kappa shape index (κ3) is 3.88. The standard InChI is InChI=1S/C16H14FN3O/c1-11-7-13(10-19-9-11)20-16(21)14-5-4-12(3-2-6-18)8-15(14)17/h4-5,7-10H,6,18H2,1H3,(H,20,21). The van der Waals surface area contributed by atoms with Crippen LogP contribution < -0.4 is 11.1 Å². The highest BCUT2D eigenvalue weighted by atomic mass is 19.1. The van der Waals surface area contributed by atoms with Crippen LogP contribution in [0.5, 0.6) is 0 Å². The van der Waals surface area contributed by atoms with Crippen LogP contribution in [0.3, 0.4) is 0 Å². The molecule has 5 heteroatoms. The van der Waals surface area contributed by atoms with Crippen LogP contribution in [0.15, 0.2) is 36.7 Å². The van der Waals surface area contributed by atoms with Crippen molar-refractivity contribution in [2.75, 3.05) is 11.9 Å². The van der Waals surface area contributed by atoms with Crippen LogP contribution in [0.1, 0.15) is 21.5 Å². The first-order valence-electron chi connectivity index (χ1n) is 6.31. The minimum Gasteiger partial charge on any atom is -0.320 e. The predicted octanol–water partition coefficient (Wildman–Crippen LogP) is 2.09. The number of carbonyl (C=O) groups is 1. The Morgan fingerprint density at radius 1 is 1.38 bits per heavy atom. The van der Waals surface area contributed by atoms with Gasteiger partial charge in [0.2, 0.25) is 0 Å². The lowest BCUT2D eigenvalue weighted by molar-refractivity contribution is 0.102. The van der Waals surface area contributed by atoms with Gasteiger partial charge in [-0.1, -0.05) is 11.8 Å². The molecule has 0 saturated heterocycles. The number of aromatic nitrogens is 1. The second kappa shape index (κ2) is 6.64. The monoisotopic (exact) mass is 283 g/mol. The molecule has 2 rings (SSSR count). The van der Waals surface area contributed by atoms with E-state index in [1.807, 2.05) is 6.92 Å². The van der Waals surface area contributed by atoms with Crippen LogP contribution in [0, 0.1) is 24.6 Å². The third-order valence-corrected chi connectivity index (χ3v) is 2.68. The highest BCUT2D eigenvalue weighted by Crippen LogP contribution is 2.14. The number of aryl methyl sites for hydroxylation is 1. The lowest BCUT2D eigenvalue weighted by atomic mass is 10.1. The Bertz CT molecular complexity index is 732. The number of hydrogen-bond acceptors (Lipinski definition) is 3. The Balaban J connectivity index is 2.20. The fraction of sp³-hybridized carbons (Fsp3) is 0.125. The van der Waals surface area contributed by atoms with Gasteiger partial charge in [0.05, 0.1) is 24.0 Å². The Morgan fingerprint density at radius 2 is 2.19 bits per heavy atom. The van der Waals surface area contributed by atoms with Gasteiger partial charge in [0.25, 0.3) is 5.91 Å². The normalized spacial score (nSPS) is 9.67. The molecule has 3 N–H and O–H groups in total. The first kappa shape index (κ1) is 14.7. The van der Waals surface area contributed by atoms with Crippen molar-refractivity contribution in [3.63, 3.8) is 0 Å². The molecule has 4 nitrogen and oxygen atoms in total. The van der Waals surface area contributed by atoms with E-state index in [0.29, 0.717) is 11.3 Å². The smallest absolute Gasteiger partial charge is 0.258 e. The second-order valence-corrected chi connectivity index (χ2v) is 4.41. The molecule has 1 heterocycles. The van der Waals surface area contributed by atoms with Gasteiger partial charge in [-0.05, 0) is 36.8 Å². The van der Waals surface area contributed by atoms with Crippen molar-refractivity contribution in [1.82, 2.24) is 4.98 Å². The summed E-state index contributed by atoms with van der Waals surface area (Å²) in [6.07, 6.45) is 3.17. The van der Waals surface area contributed by atoms with Crippen molar-refractivity contribution in [2.24, 2.45) is 5.73 Å². The van der Waals surface area contributed by atoms with Crippen molar-refractivity contribution in [3.8, 4) is 11.8 Å². The lowest BCUT2D eigenvalue weighted by Gasteiger charge is -2.06. The number of nitrogens with zero attached hydrogens (tertiary/aromatic N) is 1. The van der Waals surface area contributed by atoms with E-state index < -0.39 is 11.7 Å². The van der Waals surface area contributed by atoms with Crippen LogP contribution in [0.4, 0.5) is 10.1 Å². The summed E-state index contributed by atoms with van der Waals surface area (Å²) < 4.78 is 13.9.